The van der Waals surface area contributed by atoms with Crippen LogP contribution in [-0.2, 0) is 4.79 Å². The fraction of sp³-hybridized carbons (Fsp3) is 0.300. The molecule has 1 atom stereocenters. The number of amides is 1. The van der Waals surface area contributed by atoms with Crippen LogP contribution in [-0.4, -0.2) is 29.3 Å². The molecule has 1 amide bonds. The number of carboxylic acid groups (broad SMARTS) is 1. The van der Waals surface area contributed by atoms with Crippen LogP contribution in [0.3, 0.4) is 0 Å². The summed E-state index contributed by atoms with van der Waals surface area (Å²) in [5, 5.41) is 8.50. The van der Waals surface area contributed by atoms with Gasteiger partial charge in [-0.15, -0.1) is 11.8 Å². The van der Waals surface area contributed by atoms with Crippen LogP contribution in [0.15, 0.2) is 53.4 Å². The number of nitrogens with zero attached hydrogens (tertiary/aromatic N) is 1. The average Bonchev–Trinajstić information content (AvgIpc) is 2.60. The molecule has 0 aliphatic heterocycles. The maximum absolute atomic E-state index is 13.0. The van der Waals surface area contributed by atoms with Crippen LogP contribution < -0.4 is 4.90 Å². The Morgan fingerprint density at radius 1 is 1.04 bits per heavy atom. The van der Waals surface area contributed by atoms with E-state index in [1.807, 2.05) is 30.3 Å². The zero-order chi connectivity index (χ0) is 18.6. The summed E-state index contributed by atoms with van der Waals surface area (Å²) in [5.41, 5.74) is 2.50. The molecular weight excluding hydrogens is 334 g/mol. The van der Waals surface area contributed by atoms with E-state index in [0.29, 0.717) is 16.4 Å². The molecule has 0 bridgehead atoms. The summed E-state index contributed by atoms with van der Waals surface area (Å²) in [6.07, 6.45) is 0. The third-order valence-corrected chi connectivity index (χ3v) is 5.16. The van der Waals surface area contributed by atoms with E-state index in [1.165, 1.54) is 17.3 Å². The van der Waals surface area contributed by atoms with E-state index in [9.17, 15) is 9.59 Å². The third kappa shape index (κ3) is 4.63. The molecule has 132 valence electrons. The zero-order valence-electron chi connectivity index (χ0n) is 14.9. The SMILES string of the molecule is CC(Sc1ccccc1C(=O)N(C)c1cccc(C(C)C)c1)C(=O)O. The molecule has 0 spiro atoms. The van der Waals surface area contributed by atoms with Crippen LogP contribution in [0.5, 0.6) is 0 Å². The molecule has 0 saturated carbocycles. The minimum Gasteiger partial charge on any atom is -0.480 e. The molecule has 2 rings (SSSR count). The van der Waals surface area contributed by atoms with Crippen molar-refractivity contribution in [3.8, 4) is 0 Å². The second-order valence-electron chi connectivity index (χ2n) is 6.21. The summed E-state index contributed by atoms with van der Waals surface area (Å²) in [6.45, 7) is 5.84. The summed E-state index contributed by atoms with van der Waals surface area (Å²) < 4.78 is 0. The molecule has 0 radical (unpaired) electrons. The molecule has 0 saturated heterocycles. The predicted octanol–water partition coefficient (Wildman–Crippen LogP) is 4.65. The second-order valence-corrected chi connectivity index (χ2v) is 7.59. The van der Waals surface area contributed by atoms with Gasteiger partial charge in [-0.25, -0.2) is 0 Å². The van der Waals surface area contributed by atoms with Crippen LogP contribution in [0.1, 0.15) is 42.6 Å². The highest BCUT2D eigenvalue weighted by Gasteiger charge is 2.21. The monoisotopic (exact) mass is 357 g/mol. The van der Waals surface area contributed by atoms with E-state index in [-0.39, 0.29) is 5.91 Å². The van der Waals surface area contributed by atoms with Crippen molar-refractivity contribution in [3.63, 3.8) is 0 Å². The van der Waals surface area contributed by atoms with E-state index in [0.717, 1.165) is 5.69 Å². The average molecular weight is 357 g/mol. The first-order valence-electron chi connectivity index (χ1n) is 8.17. The molecular formula is C20H23NO3S. The van der Waals surface area contributed by atoms with Crippen molar-refractivity contribution in [1.82, 2.24) is 0 Å². The van der Waals surface area contributed by atoms with Crippen LogP contribution in [0.4, 0.5) is 5.69 Å². The fourth-order valence-corrected chi connectivity index (χ4v) is 3.30. The number of aliphatic carboxylic acids is 1. The van der Waals surface area contributed by atoms with Gasteiger partial charge in [0.25, 0.3) is 5.91 Å². The van der Waals surface area contributed by atoms with Crippen molar-refractivity contribution < 1.29 is 14.7 Å². The number of rotatable bonds is 6. The first-order chi connectivity index (χ1) is 11.8. The predicted molar refractivity (Wildman–Crippen MR) is 103 cm³/mol. The standard InChI is InChI=1S/C20H23NO3S/c1-13(2)15-8-7-9-16(12-15)21(4)19(22)17-10-5-6-11-18(17)25-14(3)20(23)24/h5-14H,1-4H3,(H,23,24). The van der Waals surface area contributed by atoms with E-state index >= 15 is 0 Å². The molecule has 0 heterocycles. The number of hydrogen-bond donors (Lipinski definition) is 1. The number of carboxylic acids is 1. The molecule has 4 nitrogen and oxygen atoms in total. The van der Waals surface area contributed by atoms with Gasteiger partial charge in [-0.2, -0.15) is 0 Å². The maximum atomic E-state index is 13.0. The first-order valence-corrected chi connectivity index (χ1v) is 9.05. The van der Waals surface area contributed by atoms with Gasteiger partial charge in [0.2, 0.25) is 0 Å². The third-order valence-electron chi connectivity index (χ3n) is 4.00. The lowest BCUT2D eigenvalue weighted by atomic mass is 10.0. The Morgan fingerprint density at radius 2 is 1.72 bits per heavy atom. The first kappa shape index (κ1) is 19.1. The molecule has 1 unspecified atom stereocenters. The Labute approximate surface area is 152 Å². The largest absolute Gasteiger partial charge is 0.480 e. The number of hydrogen-bond acceptors (Lipinski definition) is 3. The van der Waals surface area contributed by atoms with Crippen molar-refractivity contribution in [1.29, 1.82) is 0 Å². The summed E-state index contributed by atoms with van der Waals surface area (Å²) in [7, 11) is 1.74. The quantitative estimate of drug-likeness (QED) is 0.765. The van der Waals surface area contributed by atoms with Gasteiger partial charge in [-0.1, -0.05) is 38.1 Å². The topological polar surface area (TPSA) is 57.6 Å². The molecule has 2 aromatic carbocycles. The van der Waals surface area contributed by atoms with Gasteiger partial charge in [0, 0.05) is 17.6 Å². The molecule has 0 aliphatic carbocycles. The minimum atomic E-state index is -0.898. The van der Waals surface area contributed by atoms with Gasteiger partial charge in [0.05, 0.1) is 5.56 Å². The van der Waals surface area contributed by atoms with Gasteiger partial charge in [-0.3, -0.25) is 9.59 Å². The summed E-state index contributed by atoms with van der Waals surface area (Å²) in [5.74, 6) is -0.672. The molecule has 0 aromatic heterocycles. The van der Waals surface area contributed by atoms with Crippen molar-refractivity contribution in [3.05, 3.63) is 59.7 Å². The van der Waals surface area contributed by atoms with Gasteiger partial charge >= 0.3 is 5.97 Å². The number of anilines is 1. The normalized spacial score (nSPS) is 12.0. The molecule has 25 heavy (non-hydrogen) atoms. The van der Waals surface area contributed by atoms with Gasteiger partial charge < -0.3 is 10.0 Å². The van der Waals surface area contributed by atoms with Crippen molar-refractivity contribution in [2.75, 3.05) is 11.9 Å². The highest BCUT2D eigenvalue weighted by Crippen LogP contribution is 2.29. The van der Waals surface area contributed by atoms with E-state index in [4.69, 9.17) is 5.11 Å². The van der Waals surface area contributed by atoms with Crippen LogP contribution in [0.2, 0.25) is 0 Å². The van der Waals surface area contributed by atoms with Crippen LogP contribution >= 0.6 is 11.8 Å². The van der Waals surface area contributed by atoms with Gasteiger partial charge in [0.15, 0.2) is 0 Å². The lowest BCUT2D eigenvalue weighted by Crippen LogP contribution is -2.27. The highest BCUT2D eigenvalue weighted by atomic mass is 32.2. The Kier molecular flexibility index (Phi) is 6.26. The smallest absolute Gasteiger partial charge is 0.316 e. The Balaban J connectivity index is 2.31. The van der Waals surface area contributed by atoms with E-state index in [1.54, 1.807) is 37.1 Å². The molecule has 0 fully saturated rings. The zero-order valence-corrected chi connectivity index (χ0v) is 15.7. The molecule has 2 aromatic rings. The molecule has 1 N–H and O–H groups in total. The number of benzene rings is 2. The van der Waals surface area contributed by atoms with Crippen molar-refractivity contribution in [2.24, 2.45) is 0 Å². The number of carbonyl (C=O) groups excluding carboxylic acids is 1. The van der Waals surface area contributed by atoms with E-state index < -0.39 is 11.2 Å². The second kappa shape index (κ2) is 8.21. The minimum absolute atomic E-state index is 0.151. The fourth-order valence-electron chi connectivity index (χ4n) is 2.38. The maximum Gasteiger partial charge on any atom is 0.316 e. The summed E-state index contributed by atoms with van der Waals surface area (Å²) >= 11 is 1.18. The summed E-state index contributed by atoms with van der Waals surface area (Å²) in [4.78, 5) is 26.4. The highest BCUT2D eigenvalue weighted by molar-refractivity contribution is 8.00. The lowest BCUT2D eigenvalue weighted by molar-refractivity contribution is -0.136. The molecule has 5 heteroatoms. The lowest BCUT2D eigenvalue weighted by Gasteiger charge is -2.21. The molecule has 0 aliphatic rings. The van der Waals surface area contributed by atoms with Crippen LogP contribution in [0, 0.1) is 0 Å². The Morgan fingerprint density at radius 3 is 2.36 bits per heavy atom. The van der Waals surface area contributed by atoms with E-state index in [2.05, 4.69) is 13.8 Å². The number of carbonyl (C=O) groups is 2. The van der Waals surface area contributed by atoms with Crippen LogP contribution in [0.25, 0.3) is 0 Å². The number of thioether (sulfide) groups is 1. The van der Waals surface area contributed by atoms with Crippen molar-refractivity contribution >= 4 is 29.3 Å². The van der Waals surface area contributed by atoms with Gasteiger partial charge in [0.1, 0.15) is 5.25 Å². The summed E-state index contributed by atoms with van der Waals surface area (Å²) in [6, 6.07) is 15.0. The van der Waals surface area contributed by atoms with Gasteiger partial charge in [-0.05, 0) is 42.7 Å². The Bertz CT molecular complexity index is 773. The Hall–Kier alpha value is -2.27. The van der Waals surface area contributed by atoms with Crippen molar-refractivity contribution in [2.45, 2.75) is 36.8 Å².